The minimum atomic E-state index is -4.79. The van der Waals surface area contributed by atoms with Gasteiger partial charge in [-0.15, -0.1) is 0 Å². The largest absolute Gasteiger partial charge is 0.417 e. The van der Waals surface area contributed by atoms with Gasteiger partial charge in [0.2, 0.25) is 15.9 Å². The average molecular weight is 408 g/mol. The zero-order chi connectivity index (χ0) is 20.2. The lowest BCUT2D eigenvalue weighted by Gasteiger charge is -2.33. The molecule has 1 saturated heterocycles. The number of piperazine rings is 1. The molecule has 12 heteroatoms. The number of urea groups is 1. The number of nitrogens with one attached hydrogen (secondary N) is 2. The van der Waals surface area contributed by atoms with E-state index >= 15 is 0 Å². The Balaban J connectivity index is 2.06. The molecule has 1 aromatic rings. The maximum atomic E-state index is 13.1. The van der Waals surface area contributed by atoms with E-state index in [0.29, 0.717) is 0 Å². The lowest BCUT2D eigenvalue weighted by atomic mass is 10.2. The van der Waals surface area contributed by atoms with Gasteiger partial charge in [-0.2, -0.15) is 17.5 Å². The van der Waals surface area contributed by atoms with E-state index in [0.717, 1.165) is 22.5 Å². The molecule has 0 bridgehead atoms. The van der Waals surface area contributed by atoms with Crippen LogP contribution in [0.2, 0.25) is 0 Å². The third kappa shape index (κ3) is 5.17. The number of benzene rings is 1. The Morgan fingerprint density at radius 1 is 1.11 bits per heavy atom. The highest BCUT2D eigenvalue weighted by Crippen LogP contribution is 2.35. The summed E-state index contributed by atoms with van der Waals surface area (Å²) in [6.07, 6.45) is -4.79. The number of carbonyl (C=O) groups is 2. The van der Waals surface area contributed by atoms with Crippen molar-refractivity contribution in [2.24, 2.45) is 0 Å². The van der Waals surface area contributed by atoms with Crippen LogP contribution in [0, 0.1) is 0 Å². The van der Waals surface area contributed by atoms with Gasteiger partial charge in [-0.3, -0.25) is 15.0 Å². The number of sulfonamides is 1. The maximum Gasteiger partial charge on any atom is 0.417 e. The third-order valence-electron chi connectivity index (χ3n) is 3.99. The summed E-state index contributed by atoms with van der Waals surface area (Å²) in [4.78, 5) is 23.6. The van der Waals surface area contributed by atoms with Crippen molar-refractivity contribution in [2.45, 2.75) is 11.1 Å². The first kappa shape index (κ1) is 21.1. The first-order chi connectivity index (χ1) is 12.6. The summed E-state index contributed by atoms with van der Waals surface area (Å²) in [6.45, 7) is 0.0349. The SMILES string of the molecule is CNC(=O)NC(=O)CN1CCN(S(=O)(=O)c2ccccc2C(F)(F)F)CC1. The number of nitrogens with zero attached hydrogens (tertiary/aromatic N) is 2. The van der Waals surface area contributed by atoms with Gasteiger partial charge in [0.15, 0.2) is 0 Å². The molecule has 1 heterocycles. The van der Waals surface area contributed by atoms with Crippen LogP contribution in [0.15, 0.2) is 29.2 Å². The molecule has 27 heavy (non-hydrogen) atoms. The molecule has 150 valence electrons. The summed E-state index contributed by atoms with van der Waals surface area (Å²) >= 11 is 0. The van der Waals surface area contributed by atoms with E-state index in [4.69, 9.17) is 0 Å². The first-order valence-corrected chi connectivity index (χ1v) is 9.40. The van der Waals surface area contributed by atoms with Gasteiger partial charge in [0.1, 0.15) is 0 Å². The number of carbonyl (C=O) groups excluding carboxylic acids is 2. The van der Waals surface area contributed by atoms with Gasteiger partial charge in [-0.05, 0) is 12.1 Å². The molecule has 0 atom stereocenters. The van der Waals surface area contributed by atoms with Crippen LogP contribution >= 0.6 is 0 Å². The standard InChI is InChI=1S/C15H19F3N4O4S/c1-19-14(24)20-13(23)10-21-6-8-22(9-7-21)27(25,26)12-5-3-2-4-11(12)15(16,17)18/h2-5H,6-10H2,1H3,(H2,19,20,23,24). The second-order valence-corrected chi connectivity index (χ2v) is 7.71. The molecule has 0 aromatic heterocycles. The molecule has 0 unspecified atom stereocenters. The summed E-state index contributed by atoms with van der Waals surface area (Å²) in [5.41, 5.74) is -1.21. The monoisotopic (exact) mass is 408 g/mol. The summed E-state index contributed by atoms with van der Waals surface area (Å²) < 4.78 is 65.6. The Kier molecular flexibility index (Phi) is 6.44. The second kappa shape index (κ2) is 8.23. The first-order valence-electron chi connectivity index (χ1n) is 7.96. The van der Waals surface area contributed by atoms with Gasteiger partial charge in [0.25, 0.3) is 0 Å². The smallest absolute Gasteiger partial charge is 0.341 e. The van der Waals surface area contributed by atoms with Crippen LogP contribution in [0.1, 0.15) is 5.56 Å². The van der Waals surface area contributed by atoms with Crippen molar-refractivity contribution in [1.82, 2.24) is 19.8 Å². The fraction of sp³-hybridized carbons (Fsp3) is 0.467. The highest BCUT2D eigenvalue weighted by Gasteiger charge is 2.39. The van der Waals surface area contributed by atoms with Crippen LogP contribution in [0.5, 0.6) is 0 Å². The van der Waals surface area contributed by atoms with Crippen molar-refractivity contribution in [3.8, 4) is 0 Å². The normalized spacial score (nSPS) is 16.7. The Hall–Kier alpha value is -2.18. The van der Waals surface area contributed by atoms with Gasteiger partial charge < -0.3 is 5.32 Å². The lowest BCUT2D eigenvalue weighted by Crippen LogP contribution is -2.52. The summed E-state index contributed by atoms with van der Waals surface area (Å²) in [6, 6.07) is 3.37. The highest BCUT2D eigenvalue weighted by atomic mass is 32.2. The van der Waals surface area contributed by atoms with E-state index in [2.05, 4.69) is 10.6 Å². The maximum absolute atomic E-state index is 13.1. The number of amides is 3. The summed E-state index contributed by atoms with van der Waals surface area (Å²) in [5.74, 6) is -0.562. The van der Waals surface area contributed by atoms with E-state index in [9.17, 15) is 31.2 Å². The van der Waals surface area contributed by atoms with Crippen LogP contribution in [0.3, 0.4) is 0 Å². The Bertz CT molecular complexity index is 806. The molecule has 1 aliphatic rings. The number of rotatable bonds is 4. The van der Waals surface area contributed by atoms with Crippen LogP contribution in [0.4, 0.5) is 18.0 Å². The van der Waals surface area contributed by atoms with Crippen molar-refractivity contribution in [3.05, 3.63) is 29.8 Å². The molecular formula is C15H19F3N4O4S. The molecule has 3 amide bonds. The summed E-state index contributed by atoms with van der Waals surface area (Å²) in [5, 5.41) is 4.31. The zero-order valence-electron chi connectivity index (χ0n) is 14.4. The molecule has 0 aliphatic carbocycles. The quantitative estimate of drug-likeness (QED) is 0.755. The molecule has 2 N–H and O–H groups in total. The van der Waals surface area contributed by atoms with Gasteiger partial charge in [-0.1, -0.05) is 12.1 Å². The van der Waals surface area contributed by atoms with Gasteiger partial charge in [0.05, 0.1) is 17.0 Å². The fourth-order valence-corrected chi connectivity index (χ4v) is 4.26. The predicted octanol–water partition coefficient (Wildman–Crippen LogP) is 0.467. The molecule has 2 rings (SSSR count). The topological polar surface area (TPSA) is 98.8 Å². The second-order valence-electron chi connectivity index (χ2n) is 5.80. The number of halogens is 3. The Morgan fingerprint density at radius 3 is 2.26 bits per heavy atom. The fourth-order valence-electron chi connectivity index (χ4n) is 2.62. The molecule has 0 spiro atoms. The summed E-state index contributed by atoms with van der Waals surface area (Å²) in [7, 11) is -2.98. The third-order valence-corrected chi connectivity index (χ3v) is 5.95. The van der Waals surface area contributed by atoms with E-state index in [-0.39, 0.29) is 32.7 Å². The van der Waals surface area contributed by atoms with Crippen LogP contribution in [-0.4, -0.2) is 69.3 Å². The lowest BCUT2D eigenvalue weighted by molar-refractivity contribution is -0.140. The van der Waals surface area contributed by atoms with E-state index in [1.54, 1.807) is 4.90 Å². The van der Waals surface area contributed by atoms with E-state index < -0.39 is 38.6 Å². The van der Waals surface area contributed by atoms with Crippen LogP contribution in [0.25, 0.3) is 0 Å². The predicted molar refractivity (Wildman–Crippen MR) is 89.2 cm³/mol. The molecule has 0 radical (unpaired) electrons. The van der Waals surface area contributed by atoms with Gasteiger partial charge in [-0.25, -0.2) is 13.2 Å². The van der Waals surface area contributed by atoms with Crippen LogP contribution in [-0.2, 0) is 21.0 Å². The van der Waals surface area contributed by atoms with Crippen molar-refractivity contribution in [2.75, 3.05) is 39.8 Å². The Morgan fingerprint density at radius 2 is 1.70 bits per heavy atom. The number of alkyl halides is 3. The van der Waals surface area contributed by atoms with Crippen molar-refractivity contribution < 1.29 is 31.2 Å². The molecule has 0 saturated carbocycles. The molecular weight excluding hydrogens is 389 g/mol. The molecule has 1 aliphatic heterocycles. The molecule has 1 fully saturated rings. The van der Waals surface area contributed by atoms with E-state index in [1.807, 2.05) is 0 Å². The minimum absolute atomic E-state index is 0.0677. The number of hydrogen-bond acceptors (Lipinski definition) is 5. The van der Waals surface area contributed by atoms with Crippen molar-refractivity contribution in [3.63, 3.8) is 0 Å². The van der Waals surface area contributed by atoms with Gasteiger partial charge >= 0.3 is 12.2 Å². The number of imide groups is 1. The average Bonchev–Trinajstić information content (AvgIpc) is 2.61. The van der Waals surface area contributed by atoms with Gasteiger partial charge in [0, 0.05) is 33.2 Å². The zero-order valence-corrected chi connectivity index (χ0v) is 15.2. The molecule has 1 aromatic carbocycles. The van der Waals surface area contributed by atoms with Crippen LogP contribution < -0.4 is 10.6 Å². The minimum Gasteiger partial charge on any atom is -0.341 e. The highest BCUT2D eigenvalue weighted by molar-refractivity contribution is 7.89. The number of hydrogen-bond donors (Lipinski definition) is 2. The Labute approximate surface area is 154 Å². The van der Waals surface area contributed by atoms with E-state index in [1.165, 1.54) is 13.1 Å². The van der Waals surface area contributed by atoms with Crippen molar-refractivity contribution >= 4 is 22.0 Å². The molecule has 8 nitrogen and oxygen atoms in total. The van der Waals surface area contributed by atoms with Crippen molar-refractivity contribution in [1.29, 1.82) is 0 Å².